The summed E-state index contributed by atoms with van der Waals surface area (Å²) in [6.07, 6.45) is 0.539. The Balaban J connectivity index is 1.49. The highest BCUT2D eigenvalue weighted by Crippen LogP contribution is 2.39. The summed E-state index contributed by atoms with van der Waals surface area (Å²) in [5.74, 6) is -0.905. The van der Waals surface area contributed by atoms with Crippen LogP contribution in [0.2, 0.25) is 5.02 Å². The normalized spacial score (nSPS) is 15.8. The number of ether oxygens (including phenoxy) is 1. The second kappa shape index (κ2) is 9.31. The van der Waals surface area contributed by atoms with E-state index in [9.17, 15) is 14.7 Å². The molecule has 7 heteroatoms. The highest BCUT2D eigenvalue weighted by molar-refractivity contribution is 6.31. The molecule has 0 radical (unpaired) electrons. The Bertz CT molecular complexity index is 1440. The molecule has 5 rings (SSSR count). The first-order valence-electron chi connectivity index (χ1n) is 11.1. The van der Waals surface area contributed by atoms with Gasteiger partial charge in [-0.05, 0) is 53.9 Å². The number of furan rings is 1. The molecule has 3 aromatic carbocycles. The van der Waals surface area contributed by atoms with Crippen molar-refractivity contribution in [1.82, 2.24) is 4.90 Å². The van der Waals surface area contributed by atoms with Crippen molar-refractivity contribution < 1.29 is 23.8 Å². The van der Waals surface area contributed by atoms with Crippen LogP contribution in [-0.2, 0) is 11.2 Å². The van der Waals surface area contributed by atoms with Gasteiger partial charge in [0.25, 0.3) is 5.91 Å². The van der Waals surface area contributed by atoms with E-state index in [1.165, 1.54) is 4.90 Å². The molecule has 1 atom stereocenters. The zero-order valence-corrected chi connectivity index (χ0v) is 19.7. The number of aliphatic hydroxyl groups excluding tert-OH is 1. The molecule has 1 aliphatic heterocycles. The van der Waals surface area contributed by atoms with Crippen molar-refractivity contribution in [3.63, 3.8) is 0 Å². The molecule has 6 nitrogen and oxygen atoms in total. The topological polar surface area (TPSA) is 80.0 Å². The maximum atomic E-state index is 13.6. The number of nitrogens with zero attached hydrogens (tertiary/aromatic N) is 1. The van der Waals surface area contributed by atoms with Crippen molar-refractivity contribution >= 4 is 34.3 Å². The maximum absolute atomic E-state index is 13.6. The number of methoxy groups -OCH3 is 1. The Hall–Kier alpha value is -4.03. The molecule has 35 heavy (non-hydrogen) atoms. The molecule has 1 aromatic heterocycles. The van der Waals surface area contributed by atoms with Crippen molar-refractivity contribution in [2.45, 2.75) is 12.5 Å². The fraction of sp³-hybridized carbons (Fsp3) is 0.143. The first-order valence-corrected chi connectivity index (χ1v) is 11.5. The molecule has 176 valence electrons. The van der Waals surface area contributed by atoms with Gasteiger partial charge in [0.1, 0.15) is 11.3 Å². The molecule has 4 aromatic rings. The van der Waals surface area contributed by atoms with Crippen molar-refractivity contribution in [1.29, 1.82) is 0 Å². The molecule has 1 unspecified atom stereocenters. The number of benzene rings is 3. The molecule has 0 aliphatic carbocycles. The Morgan fingerprint density at radius 3 is 2.51 bits per heavy atom. The highest BCUT2D eigenvalue weighted by atomic mass is 35.5. The van der Waals surface area contributed by atoms with Crippen LogP contribution in [0.5, 0.6) is 5.75 Å². The van der Waals surface area contributed by atoms with Crippen molar-refractivity contribution in [2.75, 3.05) is 13.7 Å². The van der Waals surface area contributed by atoms with Crippen LogP contribution in [0.15, 0.2) is 94.6 Å². The summed E-state index contributed by atoms with van der Waals surface area (Å²) in [4.78, 5) is 28.3. The van der Waals surface area contributed by atoms with E-state index in [1.54, 1.807) is 31.4 Å². The summed E-state index contributed by atoms with van der Waals surface area (Å²) in [6.45, 7) is 0.307. The Morgan fingerprint density at radius 2 is 1.80 bits per heavy atom. The van der Waals surface area contributed by atoms with Gasteiger partial charge in [-0.2, -0.15) is 0 Å². The van der Waals surface area contributed by atoms with Gasteiger partial charge in [-0.3, -0.25) is 9.59 Å². The van der Waals surface area contributed by atoms with E-state index >= 15 is 0 Å². The zero-order valence-electron chi connectivity index (χ0n) is 18.9. The molecule has 0 saturated heterocycles. The molecule has 0 saturated carbocycles. The molecule has 1 amide bonds. The Morgan fingerprint density at radius 1 is 1.06 bits per heavy atom. The third-order valence-electron chi connectivity index (χ3n) is 6.17. The van der Waals surface area contributed by atoms with E-state index < -0.39 is 23.5 Å². The fourth-order valence-electron chi connectivity index (χ4n) is 4.40. The first-order chi connectivity index (χ1) is 17.0. The van der Waals surface area contributed by atoms with Gasteiger partial charge < -0.3 is 19.2 Å². The average molecular weight is 488 g/mol. The average Bonchev–Trinajstić information content (AvgIpc) is 3.41. The molecule has 1 N–H and O–H groups in total. The van der Waals surface area contributed by atoms with E-state index in [4.69, 9.17) is 20.8 Å². The standard InChI is InChI=1S/C28H22ClNO5/c1-34-21-10-7-17(8-11-21)13-14-30-25(18-5-3-2-4-6-18)24(27(32)28(30)33)26(31)23-16-19-15-20(29)9-12-22(19)35-23/h2-12,15-16,25,32H,13-14H2,1H3. The lowest BCUT2D eigenvalue weighted by molar-refractivity contribution is -0.129. The summed E-state index contributed by atoms with van der Waals surface area (Å²) in [5, 5.41) is 12.0. The summed E-state index contributed by atoms with van der Waals surface area (Å²) in [6, 6.07) is 22.6. The van der Waals surface area contributed by atoms with Crippen LogP contribution in [0.25, 0.3) is 11.0 Å². The summed E-state index contributed by atoms with van der Waals surface area (Å²) in [5.41, 5.74) is 2.22. The van der Waals surface area contributed by atoms with Gasteiger partial charge in [0.05, 0.1) is 18.7 Å². The predicted molar refractivity (Wildman–Crippen MR) is 133 cm³/mol. The van der Waals surface area contributed by atoms with Crippen LogP contribution in [0.4, 0.5) is 0 Å². The number of rotatable bonds is 7. The third-order valence-corrected chi connectivity index (χ3v) is 6.40. The van der Waals surface area contributed by atoms with Gasteiger partial charge in [-0.15, -0.1) is 0 Å². The van der Waals surface area contributed by atoms with Crippen LogP contribution < -0.4 is 4.74 Å². The predicted octanol–water partition coefficient (Wildman–Crippen LogP) is 5.92. The third kappa shape index (κ3) is 4.29. The fourth-order valence-corrected chi connectivity index (χ4v) is 4.58. The van der Waals surface area contributed by atoms with E-state index in [1.807, 2.05) is 54.6 Å². The summed E-state index contributed by atoms with van der Waals surface area (Å²) in [7, 11) is 1.60. The Kier molecular flexibility index (Phi) is 6.05. The van der Waals surface area contributed by atoms with Gasteiger partial charge in [-0.1, -0.05) is 54.1 Å². The molecule has 0 fully saturated rings. The number of carbonyl (C=O) groups excluding carboxylic acids is 2. The van der Waals surface area contributed by atoms with E-state index in [-0.39, 0.29) is 11.3 Å². The van der Waals surface area contributed by atoms with E-state index in [0.29, 0.717) is 29.0 Å². The van der Waals surface area contributed by atoms with Gasteiger partial charge in [0.15, 0.2) is 11.5 Å². The minimum Gasteiger partial charge on any atom is -0.503 e. The SMILES string of the molecule is COc1ccc(CCN2C(=O)C(O)=C(C(=O)c3cc4cc(Cl)ccc4o3)C2c2ccccc2)cc1. The maximum Gasteiger partial charge on any atom is 0.290 e. The molecule has 2 heterocycles. The number of fused-ring (bicyclic) bond motifs is 1. The highest BCUT2D eigenvalue weighted by Gasteiger charge is 2.44. The molecular weight excluding hydrogens is 466 g/mol. The molecule has 0 spiro atoms. The van der Waals surface area contributed by atoms with E-state index in [2.05, 4.69) is 0 Å². The number of Topliss-reactive ketones (excluding diaryl/α,β-unsaturated/α-hetero) is 1. The second-order valence-electron chi connectivity index (χ2n) is 8.29. The van der Waals surface area contributed by atoms with E-state index in [0.717, 1.165) is 16.9 Å². The van der Waals surface area contributed by atoms with Crippen LogP contribution in [0.1, 0.15) is 27.7 Å². The van der Waals surface area contributed by atoms with Crippen molar-refractivity contribution in [3.8, 4) is 5.75 Å². The molecule has 0 bridgehead atoms. The minimum atomic E-state index is -0.744. The number of ketones is 1. The lowest BCUT2D eigenvalue weighted by Gasteiger charge is -2.26. The van der Waals surface area contributed by atoms with Crippen molar-refractivity contribution in [2.24, 2.45) is 0 Å². The molecular formula is C28H22ClNO5. The quantitative estimate of drug-likeness (QED) is 0.327. The summed E-state index contributed by atoms with van der Waals surface area (Å²) >= 11 is 6.07. The van der Waals surface area contributed by atoms with Crippen molar-refractivity contribution in [3.05, 3.63) is 112 Å². The number of aliphatic hydroxyl groups is 1. The van der Waals surface area contributed by atoms with Crippen LogP contribution in [0, 0.1) is 0 Å². The number of amides is 1. The largest absolute Gasteiger partial charge is 0.503 e. The number of hydrogen-bond donors (Lipinski definition) is 1. The lowest BCUT2D eigenvalue weighted by Crippen LogP contribution is -2.33. The monoisotopic (exact) mass is 487 g/mol. The Labute approximate surface area is 207 Å². The number of hydrogen-bond acceptors (Lipinski definition) is 5. The van der Waals surface area contributed by atoms with Gasteiger partial charge >= 0.3 is 0 Å². The number of carbonyl (C=O) groups is 2. The molecule has 1 aliphatic rings. The lowest BCUT2D eigenvalue weighted by atomic mass is 9.95. The summed E-state index contributed by atoms with van der Waals surface area (Å²) < 4.78 is 11.0. The van der Waals surface area contributed by atoms with Crippen LogP contribution in [-0.4, -0.2) is 35.4 Å². The minimum absolute atomic E-state index is 0.00100. The van der Waals surface area contributed by atoms with Crippen LogP contribution in [0.3, 0.4) is 0 Å². The van der Waals surface area contributed by atoms with Gasteiger partial charge in [-0.25, -0.2) is 0 Å². The first kappa shape index (κ1) is 22.7. The second-order valence-corrected chi connectivity index (χ2v) is 8.73. The zero-order chi connectivity index (χ0) is 24.5. The van der Waals surface area contributed by atoms with Gasteiger partial charge in [0, 0.05) is 17.0 Å². The number of halogens is 1. The van der Waals surface area contributed by atoms with Crippen LogP contribution >= 0.6 is 11.6 Å². The smallest absolute Gasteiger partial charge is 0.290 e. The van der Waals surface area contributed by atoms with Gasteiger partial charge in [0.2, 0.25) is 5.78 Å².